The molecule has 1 aliphatic rings. The van der Waals surface area contributed by atoms with Crippen molar-refractivity contribution in [2.45, 2.75) is 24.3 Å². The molecule has 0 radical (unpaired) electrons. The summed E-state index contributed by atoms with van der Waals surface area (Å²) < 4.78 is 32.2. The molecule has 8 heteroatoms. The van der Waals surface area contributed by atoms with Gasteiger partial charge in [0, 0.05) is 37.6 Å². The predicted octanol–water partition coefficient (Wildman–Crippen LogP) is 3.41. The molecule has 1 saturated heterocycles. The third-order valence-electron chi connectivity index (χ3n) is 5.21. The zero-order chi connectivity index (χ0) is 21.0. The lowest BCUT2D eigenvalue weighted by Gasteiger charge is -2.32. The number of nitrogens with zero attached hydrogens (tertiary/aromatic N) is 2. The van der Waals surface area contributed by atoms with Gasteiger partial charge in [-0.1, -0.05) is 23.7 Å². The summed E-state index contributed by atoms with van der Waals surface area (Å²) in [5.74, 6) is 0.649. The molecular weight excluding hydrogens is 412 g/mol. The third kappa shape index (κ3) is 5.10. The van der Waals surface area contributed by atoms with E-state index in [0.717, 1.165) is 11.3 Å². The molecule has 3 rings (SSSR count). The van der Waals surface area contributed by atoms with Crippen molar-refractivity contribution in [2.24, 2.45) is 5.92 Å². The molecule has 0 aliphatic carbocycles. The van der Waals surface area contributed by atoms with Crippen molar-refractivity contribution in [1.29, 1.82) is 0 Å². The number of amides is 1. The lowest BCUT2D eigenvalue weighted by Crippen LogP contribution is -2.43. The normalized spacial score (nSPS) is 15.8. The van der Waals surface area contributed by atoms with E-state index in [-0.39, 0.29) is 16.7 Å². The molecule has 1 amide bonds. The Labute approximate surface area is 177 Å². The van der Waals surface area contributed by atoms with Crippen LogP contribution in [0.5, 0.6) is 5.75 Å². The molecule has 2 aromatic rings. The molecule has 0 saturated carbocycles. The summed E-state index contributed by atoms with van der Waals surface area (Å²) >= 11 is 5.85. The van der Waals surface area contributed by atoms with E-state index in [0.29, 0.717) is 37.5 Å². The van der Waals surface area contributed by atoms with Gasteiger partial charge in [0.15, 0.2) is 0 Å². The summed E-state index contributed by atoms with van der Waals surface area (Å²) in [4.78, 5) is 14.7. The monoisotopic (exact) mass is 436 g/mol. The van der Waals surface area contributed by atoms with Crippen LogP contribution in [0.2, 0.25) is 5.02 Å². The van der Waals surface area contributed by atoms with Gasteiger partial charge in [-0.25, -0.2) is 8.42 Å². The maximum Gasteiger partial charge on any atom is 0.243 e. The fraction of sp³-hybridized carbons (Fsp3) is 0.381. The zero-order valence-electron chi connectivity index (χ0n) is 16.5. The number of hydrogen-bond acceptors (Lipinski definition) is 4. The van der Waals surface area contributed by atoms with Crippen molar-refractivity contribution in [3.05, 3.63) is 59.1 Å². The fourth-order valence-electron chi connectivity index (χ4n) is 3.49. The van der Waals surface area contributed by atoms with Crippen molar-refractivity contribution >= 4 is 27.5 Å². The average Bonchev–Trinajstić information content (AvgIpc) is 2.74. The number of carbonyl (C=O) groups excluding carboxylic acids is 1. The van der Waals surface area contributed by atoms with Crippen LogP contribution in [0.4, 0.5) is 0 Å². The van der Waals surface area contributed by atoms with Crippen LogP contribution < -0.4 is 4.74 Å². The molecule has 2 aromatic carbocycles. The van der Waals surface area contributed by atoms with Crippen LogP contribution in [0.15, 0.2) is 53.4 Å². The van der Waals surface area contributed by atoms with E-state index in [9.17, 15) is 13.2 Å². The number of methoxy groups -OCH3 is 1. The van der Waals surface area contributed by atoms with Gasteiger partial charge >= 0.3 is 0 Å². The maximum absolute atomic E-state index is 12.8. The van der Waals surface area contributed by atoms with E-state index >= 15 is 0 Å². The Kier molecular flexibility index (Phi) is 6.82. The van der Waals surface area contributed by atoms with E-state index in [1.54, 1.807) is 31.2 Å². The first kappa shape index (κ1) is 21.6. The van der Waals surface area contributed by atoms with Crippen molar-refractivity contribution in [3.8, 4) is 5.75 Å². The van der Waals surface area contributed by atoms with Gasteiger partial charge in [-0.05, 0) is 54.8 Å². The Morgan fingerprint density at radius 1 is 1.10 bits per heavy atom. The van der Waals surface area contributed by atoms with Crippen molar-refractivity contribution in [1.82, 2.24) is 9.21 Å². The highest BCUT2D eigenvalue weighted by atomic mass is 35.5. The highest BCUT2D eigenvalue weighted by Crippen LogP contribution is 2.26. The number of rotatable bonds is 6. The summed E-state index contributed by atoms with van der Waals surface area (Å²) in [6.45, 7) is 1.17. The lowest BCUT2D eigenvalue weighted by atomic mass is 9.96. The van der Waals surface area contributed by atoms with Crippen LogP contribution in [0.1, 0.15) is 18.4 Å². The summed E-state index contributed by atoms with van der Waals surface area (Å²) in [6.07, 6.45) is 1.03. The number of halogens is 1. The van der Waals surface area contributed by atoms with Crippen LogP contribution >= 0.6 is 11.6 Å². The lowest BCUT2D eigenvalue weighted by molar-refractivity contribution is -0.135. The minimum atomic E-state index is -3.57. The molecule has 0 unspecified atom stereocenters. The molecular formula is C21H25ClN2O4S. The van der Waals surface area contributed by atoms with E-state index in [2.05, 4.69) is 0 Å². The summed E-state index contributed by atoms with van der Waals surface area (Å²) in [5, 5.41) is 0.494. The molecule has 1 heterocycles. The first-order chi connectivity index (χ1) is 13.8. The summed E-state index contributed by atoms with van der Waals surface area (Å²) in [7, 11) is -0.169. The Morgan fingerprint density at radius 3 is 2.24 bits per heavy atom. The van der Waals surface area contributed by atoms with Crippen molar-refractivity contribution in [2.75, 3.05) is 27.2 Å². The van der Waals surface area contributed by atoms with Gasteiger partial charge < -0.3 is 9.64 Å². The van der Waals surface area contributed by atoms with E-state index < -0.39 is 10.0 Å². The zero-order valence-corrected chi connectivity index (χ0v) is 18.1. The van der Waals surface area contributed by atoms with Crippen LogP contribution in [0.3, 0.4) is 0 Å². The molecule has 29 heavy (non-hydrogen) atoms. The maximum atomic E-state index is 12.8. The molecule has 0 N–H and O–H groups in total. The minimum absolute atomic E-state index is 0.0457. The number of benzene rings is 2. The molecule has 6 nitrogen and oxygen atoms in total. The quantitative estimate of drug-likeness (QED) is 0.696. The minimum Gasteiger partial charge on any atom is -0.497 e. The third-order valence-corrected chi connectivity index (χ3v) is 7.37. The average molecular weight is 437 g/mol. The first-order valence-corrected chi connectivity index (χ1v) is 11.3. The van der Waals surface area contributed by atoms with E-state index in [4.69, 9.17) is 16.3 Å². The van der Waals surface area contributed by atoms with Crippen molar-refractivity contribution < 1.29 is 17.9 Å². The number of ether oxygens (including phenoxy) is 1. The van der Waals surface area contributed by atoms with E-state index in [1.165, 1.54) is 16.4 Å². The van der Waals surface area contributed by atoms with Gasteiger partial charge in [0.05, 0.1) is 12.0 Å². The van der Waals surface area contributed by atoms with Crippen LogP contribution in [0, 0.1) is 5.92 Å². The van der Waals surface area contributed by atoms with Crippen LogP contribution in [-0.4, -0.2) is 50.8 Å². The number of carbonyl (C=O) groups is 1. The smallest absolute Gasteiger partial charge is 0.243 e. The van der Waals surface area contributed by atoms with E-state index in [1.807, 2.05) is 24.3 Å². The van der Waals surface area contributed by atoms with Gasteiger partial charge in [0.25, 0.3) is 0 Å². The first-order valence-electron chi connectivity index (χ1n) is 9.45. The Balaban J connectivity index is 1.57. The Bertz CT molecular complexity index is 938. The number of piperidine rings is 1. The second-order valence-corrected chi connectivity index (χ2v) is 9.55. The standard InChI is InChI=1S/C21H25ClN2O4S/c1-23(15-16-3-7-19(28-2)8-4-16)21(25)17-11-13-24(14-12-17)29(26,27)20-9-5-18(22)6-10-20/h3-10,17H,11-15H2,1-2H3. The Morgan fingerprint density at radius 2 is 1.69 bits per heavy atom. The number of hydrogen-bond donors (Lipinski definition) is 0. The van der Waals surface area contributed by atoms with Gasteiger partial charge in [0.1, 0.15) is 5.75 Å². The second-order valence-electron chi connectivity index (χ2n) is 7.17. The molecule has 0 atom stereocenters. The van der Waals surface area contributed by atoms with Gasteiger partial charge in [-0.15, -0.1) is 0 Å². The van der Waals surface area contributed by atoms with Gasteiger partial charge in [-0.3, -0.25) is 4.79 Å². The molecule has 156 valence electrons. The van der Waals surface area contributed by atoms with Gasteiger partial charge in [-0.2, -0.15) is 4.31 Å². The highest BCUT2D eigenvalue weighted by Gasteiger charge is 2.33. The Hall–Kier alpha value is -2.09. The molecule has 0 bridgehead atoms. The molecule has 1 aliphatic heterocycles. The summed E-state index contributed by atoms with van der Waals surface area (Å²) in [5.41, 5.74) is 1.02. The molecule has 0 spiro atoms. The SMILES string of the molecule is COc1ccc(CN(C)C(=O)C2CCN(S(=O)(=O)c3ccc(Cl)cc3)CC2)cc1. The number of sulfonamides is 1. The van der Waals surface area contributed by atoms with Gasteiger partial charge in [0.2, 0.25) is 15.9 Å². The molecule has 0 aromatic heterocycles. The molecule has 1 fully saturated rings. The van der Waals surface area contributed by atoms with Crippen molar-refractivity contribution in [3.63, 3.8) is 0 Å². The largest absolute Gasteiger partial charge is 0.497 e. The van der Waals surface area contributed by atoms with Crippen LogP contribution in [0.25, 0.3) is 0 Å². The predicted molar refractivity (Wildman–Crippen MR) is 112 cm³/mol. The topological polar surface area (TPSA) is 66.9 Å². The fourth-order valence-corrected chi connectivity index (χ4v) is 5.09. The second kappa shape index (κ2) is 9.15. The van der Waals surface area contributed by atoms with Crippen LogP contribution in [-0.2, 0) is 21.4 Å². The highest BCUT2D eigenvalue weighted by molar-refractivity contribution is 7.89. The summed E-state index contributed by atoms with van der Waals surface area (Å²) in [6, 6.07) is 13.8.